The Bertz CT molecular complexity index is 388. The van der Waals surface area contributed by atoms with Crippen LogP contribution in [0.25, 0.3) is 0 Å². The summed E-state index contributed by atoms with van der Waals surface area (Å²) in [4.78, 5) is 9.14. The third kappa shape index (κ3) is 5.31. The molecule has 0 bridgehead atoms. The van der Waals surface area contributed by atoms with Crippen LogP contribution in [-0.2, 0) is 14.2 Å². The topological polar surface area (TPSA) is 58.6 Å². The van der Waals surface area contributed by atoms with Crippen LogP contribution in [0.1, 0.15) is 13.8 Å². The molecule has 2 aliphatic rings. The summed E-state index contributed by atoms with van der Waals surface area (Å²) in [7, 11) is 3.54. The minimum Gasteiger partial charge on any atom is -0.382 e. The van der Waals surface area contributed by atoms with E-state index in [4.69, 9.17) is 14.2 Å². The molecule has 2 saturated heterocycles. The Morgan fingerprint density at radius 2 is 2.17 bits per heavy atom. The lowest BCUT2D eigenvalue weighted by atomic mass is 10.0. The Hall–Kier alpha value is -0.890. The standard InChI is InChI=1S/C16H32N4O3/c1-16(2)13-22-9-8-20(16)6-5-18-15(17-3)19-7-10-23-14(11-19)12-21-4/h14H,5-13H2,1-4H3,(H,17,18). The number of methoxy groups -OCH3 is 1. The van der Waals surface area contributed by atoms with Crippen LogP contribution in [0.15, 0.2) is 4.99 Å². The minimum atomic E-state index is 0.103. The number of nitrogens with one attached hydrogen (secondary N) is 1. The number of hydrogen-bond donors (Lipinski definition) is 1. The van der Waals surface area contributed by atoms with E-state index < -0.39 is 0 Å². The zero-order valence-electron chi connectivity index (χ0n) is 15.0. The summed E-state index contributed by atoms with van der Waals surface area (Å²) < 4.78 is 16.5. The van der Waals surface area contributed by atoms with E-state index in [1.807, 2.05) is 7.05 Å². The second-order valence-corrected chi connectivity index (χ2v) is 6.72. The van der Waals surface area contributed by atoms with Crippen LogP contribution in [0.3, 0.4) is 0 Å². The average molecular weight is 328 g/mol. The predicted octanol–water partition coefficient (Wildman–Crippen LogP) is 0.0198. The molecule has 2 fully saturated rings. The molecule has 0 saturated carbocycles. The Balaban J connectivity index is 1.78. The Morgan fingerprint density at radius 1 is 1.35 bits per heavy atom. The summed E-state index contributed by atoms with van der Waals surface area (Å²) in [6.45, 7) is 11.9. The molecule has 0 spiro atoms. The molecule has 0 amide bonds. The first kappa shape index (κ1) is 18.4. The molecule has 0 radical (unpaired) electrons. The maximum Gasteiger partial charge on any atom is 0.193 e. The van der Waals surface area contributed by atoms with Crippen molar-refractivity contribution in [3.8, 4) is 0 Å². The molecule has 0 aromatic rings. The number of morpholine rings is 2. The molecule has 0 aromatic carbocycles. The monoisotopic (exact) mass is 328 g/mol. The van der Waals surface area contributed by atoms with E-state index in [0.717, 1.165) is 51.9 Å². The number of nitrogens with zero attached hydrogens (tertiary/aromatic N) is 3. The van der Waals surface area contributed by atoms with Gasteiger partial charge in [0.05, 0.1) is 32.5 Å². The number of hydrogen-bond acceptors (Lipinski definition) is 5. The maximum atomic E-state index is 5.70. The van der Waals surface area contributed by atoms with Gasteiger partial charge in [-0.25, -0.2) is 0 Å². The highest BCUT2D eigenvalue weighted by Gasteiger charge is 2.30. The van der Waals surface area contributed by atoms with Gasteiger partial charge < -0.3 is 24.4 Å². The normalized spacial score (nSPS) is 26.3. The zero-order valence-corrected chi connectivity index (χ0v) is 15.0. The highest BCUT2D eigenvalue weighted by Crippen LogP contribution is 2.17. The molecule has 7 nitrogen and oxygen atoms in total. The Labute approximate surface area is 140 Å². The number of rotatable bonds is 5. The number of ether oxygens (including phenoxy) is 3. The van der Waals surface area contributed by atoms with Gasteiger partial charge >= 0.3 is 0 Å². The highest BCUT2D eigenvalue weighted by molar-refractivity contribution is 5.80. The van der Waals surface area contributed by atoms with Crippen molar-refractivity contribution < 1.29 is 14.2 Å². The van der Waals surface area contributed by atoms with Crippen molar-refractivity contribution in [2.45, 2.75) is 25.5 Å². The van der Waals surface area contributed by atoms with E-state index in [0.29, 0.717) is 13.2 Å². The van der Waals surface area contributed by atoms with Gasteiger partial charge in [0.15, 0.2) is 5.96 Å². The van der Waals surface area contributed by atoms with Crippen molar-refractivity contribution in [2.75, 3.05) is 73.3 Å². The fourth-order valence-corrected chi connectivity index (χ4v) is 3.14. The summed E-state index contributed by atoms with van der Waals surface area (Å²) in [6.07, 6.45) is 0.116. The van der Waals surface area contributed by atoms with Gasteiger partial charge in [0.2, 0.25) is 0 Å². The fourth-order valence-electron chi connectivity index (χ4n) is 3.14. The van der Waals surface area contributed by atoms with Crippen molar-refractivity contribution in [1.82, 2.24) is 15.1 Å². The van der Waals surface area contributed by atoms with Crippen molar-refractivity contribution in [2.24, 2.45) is 4.99 Å². The van der Waals surface area contributed by atoms with Crippen LogP contribution in [0.5, 0.6) is 0 Å². The smallest absolute Gasteiger partial charge is 0.193 e. The molecule has 1 unspecified atom stereocenters. The first-order valence-corrected chi connectivity index (χ1v) is 8.46. The van der Waals surface area contributed by atoms with E-state index in [2.05, 4.69) is 34.0 Å². The van der Waals surface area contributed by atoms with E-state index in [9.17, 15) is 0 Å². The second-order valence-electron chi connectivity index (χ2n) is 6.72. The van der Waals surface area contributed by atoms with Gasteiger partial charge in [-0.3, -0.25) is 9.89 Å². The molecule has 0 aliphatic carbocycles. The summed E-state index contributed by atoms with van der Waals surface area (Å²) in [5.74, 6) is 0.945. The fraction of sp³-hybridized carbons (Fsp3) is 0.938. The van der Waals surface area contributed by atoms with E-state index >= 15 is 0 Å². The van der Waals surface area contributed by atoms with E-state index in [-0.39, 0.29) is 11.6 Å². The summed E-state index contributed by atoms with van der Waals surface area (Å²) >= 11 is 0. The Kier molecular flexibility index (Phi) is 7.08. The molecule has 2 aliphatic heterocycles. The van der Waals surface area contributed by atoms with Crippen molar-refractivity contribution in [1.29, 1.82) is 0 Å². The minimum absolute atomic E-state index is 0.103. The molecule has 1 N–H and O–H groups in total. The lowest BCUT2D eigenvalue weighted by molar-refractivity contribution is -0.0504. The Morgan fingerprint density at radius 3 is 2.87 bits per heavy atom. The first-order chi connectivity index (χ1) is 11.1. The molecule has 1 atom stereocenters. The van der Waals surface area contributed by atoms with E-state index in [1.165, 1.54) is 0 Å². The molecule has 134 valence electrons. The maximum absolute atomic E-state index is 5.70. The second kappa shape index (κ2) is 8.82. The molecular weight excluding hydrogens is 296 g/mol. The van der Waals surface area contributed by atoms with Gasteiger partial charge in [-0.1, -0.05) is 0 Å². The van der Waals surface area contributed by atoms with Crippen molar-refractivity contribution in [3.05, 3.63) is 0 Å². The predicted molar refractivity (Wildman–Crippen MR) is 91.0 cm³/mol. The van der Waals surface area contributed by atoms with E-state index in [1.54, 1.807) is 7.11 Å². The lowest BCUT2D eigenvalue weighted by Gasteiger charge is -2.42. The van der Waals surface area contributed by atoms with Gasteiger partial charge in [0.25, 0.3) is 0 Å². The largest absolute Gasteiger partial charge is 0.382 e. The molecule has 7 heteroatoms. The van der Waals surface area contributed by atoms with Gasteiger partial charge in [-0.15, -0.1) is 0 Å². The van der Waals surface area contributed by atoms with Gasteiger partial charge in [-0.05, 0) is 13.8 Å². The van der Waals surface area contributed by atoms with Gasteiger partial charge in [0, 0.05) is 52.4 Å². The van der Waals surface area contributed by atoms with Crippen LogP contribution in [0, 0.1) is 0 Å². The van der Waals surface area contributed by atoms with Crippen LogP contribution in [-0.4, -0.2) is 101 Å². The first-order valence-electron chi connectivity index (χ1n) is 8.46. The summed E-state index contributed by atoms with van der Waals surface area (Å²) in [5.41, 5.74) is 0.103. The molecule has 2 heterocycles. The molecule has 2 rings (SSSR count). The van der Waals surface area contributed by atoms with Crippen molar-refractivity contribution >= 4 is 5.96 Å². The molecular formula is C16H32N4O3. The van der Waals surface area contributed by atoms with Crippen LogP contribution >= 0.6 is 0 Å². The van der Waals surface area contributed by atoms with Crippen molar-refractivity contribution in [3.63, 3.8) is 0 Å². The van der Waals surface area contributed by atoms with Crippen LogP contribution in [0.4, 0.5) is 0 Å². The number of aliphatic imine (C=N–C) groups is 1. The third-order valence-electron chi connectivity index (χ3n) is 4.48. The van der Waals surface area contributed by atoms with Crippen LogP contribution < -0.4 is 5.32 Å². The molecule has 0 aromatic heterocycles. The molecule has 23 heavy (non-hydrogen) atoms. The zero-order chi connectivity index (χ0) is 16.7. The summed E-state index contributed by atoms with van der Waals surface area (Å²) in [5, 5.41) is 3.48. The summed E-state index contributed by atoms with van der Waals surface area (Å²) in [6, 6.07) is 0. The third-order valence-corrected chi connectivity index (χ3v) is 4.48. The average Bonchev–Trinajstić information content (AvgIpc) is 2.53. The van der Waals surface area contributed by atoms with Crippen LogP contribution in [0.2, 0.25) is 0 Å². The van der Waals surface area contributed by atoms with Gasteiger partial charge in [0.1, 0.15) is 0 Å². The number of guanidine groups is 1. The quantitative estimate of drug-likeness (QED) is 0.567. The van der Waals surface area contributed by atoms with Gasteiger partial charge in [-0.2, -0.15) is 0 Å². The SMILES string of the molecule is CN=C(NCCN1CCOCC1(C)C)N1CCOC(COC)C1. The highest BCUT2D eigenvalue weighted by atomic mass is 16.5. The lowest BCUT2D eigenvalue weighted by Crippen LogP contribution is -2.56.